The topological polar surface area (TPSA) is 80.6 Å². The maximum atomic E-state index is 11.9. The highest BCUT2D eigenvalue weighted by molar-refractivity contribution is 5.88. The molecule has 0 heterocycles. The summed E-state index contributed by atoms with van der Waals surface area (Å²) in [6.07, 6.45) is -0.699. The van der Waals surface area contributed by atoms with Crippen molar-refractivity contribution in [2.75, 3.05) is 19.5 Å². The maximum absolute atomic E-state index is 11.9. The molecule has 22 heavy (non-hydrogen) atoms. The second kappa shape index (κ2) is 6.99. The quantitative estimate of drug-likeness (QED) is 0.937. The van der Waals surface area contributed by atoms with Crippen molar-refractivity contribution in [2.24, 2.45) is 0 Å². The molecule has 2 aromatic carbocycles. The first-order valence-corrected chi connectivity index (χ1v) is 6.38. The minimum Gasteiger partial charge on any atom is -0.493 e. The Hall–Kier alpha value is -3.20. The highest BCUT2D eigenvalue weighted by atomic mass is 16.6. The van der Waals surface area contributed by atoms with Crippen molar-refractivity contribution < 1.29 is 19.0 Å². The van der Waals surface area contributed by atoms with E-state index in [0.717, 1.165) is 0 Å². The molecular formula is C16H14N2O4. The fourth-order valence-corrected chi connectivity index (χ4v) is 1.81. The number of rotatable bonds is 4. The first-order valence-electron chi connectivity index (χ1n) is 6.38. The summed E-state index contributed by atoms with van der Waals surface area (Å²) in [4.78, 5) is 11.9. The van der Waals surface area contributed by atoms with Crippen molar-refractivity contribution in [3.8, 4) is 23.3 Å². The van der Waals surface area contributed by atoms with Gasteiger partial charge < -0.3 is 14.2 Å². The van der Waals surface area contributed by atoms with E-state index in [0.29, 0.717) is 17.2 Å². The van der Waals surface area contributed by atoms with E-state index in [1.54, 1.807) is 24.3 Å². The minimum absolute atomic E-state index is 0.239. The zero-order valence-electron chi connectivity index (χ0n) is 12.1. The SMILES string of the molecule is COc1cc(C#N)c(NC(=O)Oc2ccccc2)cc1OC. The van der Waals surface area contributed by atoms with Gasteiger partial charge in [-0.2, -0.15) is 5.26 Å². The molecule has 0 unspecified atom stereocenters. The van der Waals surface area contributed by atoms with Gasteiger partial charge in [0.05, 0.1) is 25.5 Å². The molecule has 2 aromatic rings. The summed E-state index contributed by atoms with van der Waals surface area (Å²) in [6.45, 7) is 0. The third-order valence-corrected chi connectivity index (χ3v) is 2.83. The zero-order chi connectivity index (χ0) is 15.9. The van der Waals surface area contributed by atoms with Gasteiger partial charge >= 0.3 is 6.09 Å². The average molecular weight is 298 g/mol. The van der Waals surface area contributed by atoms with Crippen LogP contribution in [0.4, 0.5) is 10.5 Å². The van der Waals surface area contributed by atoms with Gasteiger partial charge in [-0.1, -0.05) is 18.2 Å². The lowest BCUT2D eigenvalue weighted by molar-refractivity contribution is 0.215. The van der Waals surface area contributed by atoms with Crippen molar-refractivity contribution in [1.29, 1.82) is 5.26 Å². The van der Waals surface area contributed by atoms with Gasteiger partial charge in [-0.3, -0.25) is 5.32 Å². The van der Waals surface area contributed by atoms with E-state index in [4.69, 9.17) is 19.5 Å². The number of anilines is 1. The molecule has 112 valence electrons. The predicted octanol–water partition coefficient (Wildman–Crippen LogP) is 3.19. The first-order chi connectivity index (χ1) is 10.7. The van der Waals surface area contributed by atoms with Gasteiger partial charge in [0, 0.05) is 12.1 Å². The molecule has 0 fully saturated rings. The van der Waals surface area contributed by atoms with E-state index in [2.05, 4.69) is 5.32 Å². The Labute approximate surface area is 127 Å². The molecule has 1 amide bonds. The smallest absolute Gasteiger partial charge is 0.417 e. The molecule has 6 nitrogen and oxygen atoms in total. The molecule has 0 atom stereocenters. The first kappa shape index (κ1) is 15.2. The van der Waals surface area contributed by atoms with Gasteiger partial charge in [0.15, 0.2) is 11.5 Å². The molecule has 0 aliphatic carbocycles. The lowest BCUT2D eigenvalue weighted by atomic mass is 10.1. The molecule has 6 heteroatoms. The molecule has 0 radical (unpaired) electrons. The Kier molecular flexibility index (Phi) is 4.83. The van der Waals surface area contributed by atoms with Gasteiger partial charge in [0.25, 0.3) is 0 Å². The predicted molar refractivity (Wildman–Crippen MR) is 80.3 cm³/mol. The van der Waals surface area contributed by atoms with Crippen molar-refractivity contribution in [3.05, 3.63) is 48.0 Å². The second-order valence-corrected chi connectivity index (χ2v) is 4.19. The van der Waals surface area contributed by atoms with Crippen LogP contribution in [-0.2, 0) is 0 Å². The van der Waals surface area contributed by atoms with Crippen LogP contribution in [0.25, 0.3) is 0 Å². The number of nitriles is 1. The molecule has 0 aliphatic rings. The van der Waals surface area contributed by atoms with E-state index in [9.17, 15) is 4.79 Å². The highest BCUT2D eigenvalue weighted by Gasteiger charge is 2.14. The number of amides is 1. The van der Waals surface area contributed by atoms with Crippen LogP contribution >= 0.6 is 0 Å². The molecule has 0 bridgehead atoms. The van der Waals surface area contributed by atoms with Crippen LogP contribution in [0.2, 0.25) is 0 Å². The Morgan fingerprint density at radius 3 is 2.32 bits per heavy atom. The Balaban J connectivity index is 2.21. The maximum Gasteiger partial charge on any atom is 0.417 e. The number of hydrogen-bond acceptors (Lipinski definition) is 5. The van der Waals surface area contributed by atoms with Crippen LogP contribution in [-0.4, -0.2) is 20.3 Å². The summed E-state index contributed by atoms with van der Waals surface area (Å²) in [6, 6.07) is 13.6. The lowest BCUT2D eigenvalue weighted by Crippen LogP contribution is -2.17. The van der Waals surface area contributed by atoms with Crippen molar-refractivity contribution >= 4 is 11.8 Å². The summed E-state index contributed by atoms with van der Waals surface area (Å²) in [7, 11) is 2.94. The highest BCUT2D eigenvalue weighted by Crippen LogP contribution is 2.33. The molecular weight excluding hydrogens is 284 g/mol. The van der Waals surface area contributed by atoms with Crippen LogP contribution in [0.3, 0.4) is 0 Å². The van der Waals surface area contributed by atoms with Crippen LogP contribution in [0.15, 0.2) is 42.5 Å². The summed E-state index contributed by atoms with van der Waals surface area (Å²) in [5, 5.41) is 11.7. The molecule has 1 N–H and O–H groups in total. The zero-order valence-corrected chi connectivity index (χ0v) is 12.1. The van der Waals surface area contributed by atoms with Crippen LogP contribution < -0.4 is 19.5 Å². The summed E-state index contributed by atoms with van der Waals surface area (Å²) >= 11 is 0. The average Bonchev–Trinajstić information content (AvgIpc) is 2.55. The van der Waals surface area contributed by atoms with Gasteiger partial charge in [-0.25, -0.2) is 4.79 Å². The number of benzene rings is 2. The third kappa shape index (κ3) is 3.46. The fourth-order valence-electron chi connectivity index (χ4n) is 1.81. The Morgan fingerprint density at radius 1 is 1.09 bits per heavy atom. The molecule has 0 aromatic heterocycles. The Bertz CT molecular complexity index is 708. The molecule has 0 saturated heterocycles. The number of ether oxygens (including phenoxy) is 3. The number of carbonyl (C=O) groups excluding carboxylic acids is 1. The summed E-state index contributed by atoms with van der Waals surface area (Å²) in [5.41, 5.74) is 0.517. The monoisotopic (exact) mass is 298 g/mol. The number of nitrogens with one attached hydrogen (secondary N) is 1. The normalized spacial score (nSPS) is 9.50. The fraction of sp³-hybridized carbons (Fsp3) is 0.125. The Morgan fingerprint density at radius 2 is 1.73 bits per heavy atom. The number of methoxy groups -OCH3 is 2. The van der Waals surface area contributed by atoms with Gasteiger partial charge in [-0.15, -0.1) is 0 Å². The van der Waals surface area contributed by atoms with E-state index in [-0.39, 0.29) is 11.3 Å². The van der Waals surface area contributed by atoms with Gasteiger partial charge in [0.1, 0.15) is 11.8 Å². The van der Waals surface area contributed by atoms with Crippen molar-refractivity contribution in [3.63, 3.8) is 0 Å². The van der Waals surface area contributed by atoms with Gasteiger partial charge in [-0.05, 0) is 12.1 Å². The lowest BCUT2D eigenvalue weighted by Gasteiger charge is -2.12. The molecule has 0 spiro atoms. The summed E-state index contributed by atoms with van der Waals surface area (Å²) in [5.74, 6) is 1.21. The van der Waals surface area contributed by atoms with E-state index >= 15 is 0 Å². The van der Waals surface area contributed by atoms with Gasteiger partial charge in [0.2, 0.25) is 0 Å². The standard InChI is InChI=1S/C16H14N2O4/c1-20-14-8-11(10-17)13(9-15(14)21-2)18-16(19)22-12-6-4-3-5-7-12/h3-9H,1-2H3,(H,18,19). The number of nitrogens with zero attached hydrogens (tertiary/aromatic N) is 1. The molecule has 2 rings (SSSR count). The van der Waals surface area contributed by atoms with Crippen molar-refractivity contribution in [1.82, 2.24) is 0 Å². The molecule has 0 saturated carbocycles. The number of hydrogen-bond donors (Lipinski definition) is 1. The van der Waals surface area contributed by atoms with E-state index in [1.165, 1.54) is 26.4 Å². The van der Waals surface area contributed by atoms with E-state index < -0.39 is 6.09 Å². The third-order valence-electron chi connectivity index (χ3n) is 2.83. The minimum atomic E-state index is -0.699. The second-order valence-electron chi connectivity index (χ2n) is 4.19. The number of carbonyl (C=O) groups is 1. The number of para-hydroxylation sites is 1. The summed E-state index contributed by atoms with van der Waals surface area (Å²) < 4.78 is 15.4. The largest absolute Gasteiger partial charge is 0.493 e. The van der Waals surface area contributed by atoms with Crippen LogP contribution in [0, 0.1) is 11.3 Å². The molecule has 0 aliphatic heterocycles. The van der Waals surface area contributed by atoms with E-state index in [1.807, 2.05) is 12.1 Å². The van der Waals surface area contributed by atoms with Crippen LogP contribution in [0.1, 0.15) is 5.56 Å². The van der Waals surface area contributed by atoms with Crippen molar-refractivity contribution in [2.45, 2.75) is 0 Å². The van der Waals surface area contributed by atoms with Crippen LogP contribution in [0.5, 0.6) is 17.2 Å².